The normalized spacial score (nSPS) is 12.9. The molecule has 0 unspecified atom stereocenters. The van der Waals surface area contributed by atoms with Crippen LogP contribution < -0.4 is 0 Å². The number of fused-ring (bicyclic) bond motifs is 1. The van der Waals surface area contributed by atoms with E-state index in [1.54, 1.807) is 0 Å². The van der Waals surface area contributed by atoms with Gasteiger partial charge >= 0.3 is 0 Å². The van der Waals surface area contributed by atoms with Crippen molar-refractivity contribution in [3.8, 4) is 11.3 Å². The van der Waals surface area contributed by atoms with Crippen molar-refractivity contribution in [1.29, 1.82) is 0 Å². The Morgan fingerprint density at radius 1 is 1.07 bits per heavy atom. The molecule has 0 fully saturated rings. The Morgan fingerprint density at radius 2 is 1.82 bits per heavy atom. The highest BCUT2D eigenvalue weighted by Gasteiger charge is 2.18. The minimum Gasteiger partial charge on any atom is -0.396 e. The molecule has 0 amide bonds. The number of pyridine rings is 2. The number of rotatable bonds is 7. The fraction of sp³-hybridized carbons (Fsp3) is 0.500. The van der Waals surface area contributed by atoms with Gasteiger partial charge in [0.25, 0.3) is 0 Å². The number of hydrogen-bond acceptors (Lipinski definition) is 3. The van der Waals surface area contributed by atoms with Crippen LogP contribution in [0.1, 0.15) is 75.0 Å². The number of aryl methyl sites for hydroxylation is 3. The second kappa shape index (κ2) is 8.44. The molecule has 3 aromatic heterocycles. The van der Waals surface area contributed by atoms with Gasteiger partial charge in [-0.3, -0.25) is 4.98 Å². The summed E-state index contributed by atoms with van der Waals surface area (Å²) in [5.74, 6) is 0.421. The molecular weight excluding hydrogens is 346 g/mol. The van der Waals surface area contributed by atoms with Crippen molar-refractivity contribution in [3.05, 3.63) is 46.9 Å². The number of nitrogens with zero attached hydrogens (tertiary/aromatic N) is 3. The molecule has 0 aliphatic heterocycles. The largest absolute Gasteiger partial charge is 0.396 e. The van der Waals surface area contributed by atoms with Crippen LogP contribution in [0.4, 0.5) is 0 Å². The van der Waals surface area contributed by atoms with Crippen molar-refractivity contribution < 1.29 is 5.11 Å². The van der Waals surface area contributed by atoms with E-state index in [4.69, 9.17) is 9.97 Å². The molecule has 0 aliphatic carbocycles. The zero-order valence-corrected chi connectivity index (χ0v) is 18.1. The predicted octanol–water partition coefficient (Wildman–Crippen LogP) is 5.73. The maximum Gasteiger partial charge on any atom is 0.0917 e. The molecule has 0 spiro atoms. The number of aliphatic hydroxyl groups excluding tert-OH is 1. The molecule has 3 heterocycles. The molecule has 3 aromatic rings. The van der Waals surface area contributed by atoms with Gasteiger partial charge in [-0.2, -0.15) is 0 Å². The average Bonchev–Trinajstić information content (AvgIpc) is 3.00. The van der Waals surface area contributed by atoms with Crippen LogP contribution in [0.2, 0.25) is 0 Å². The molecule has 0 aromatic carbocycles. The molecule has 28 heavy (non-hydrogen) atoms. The third kappa shape index (κ3) is 3.70. The molecule has 0 radical (unpaired) electrons. The summed E-state index contributed by atoms with van der Waals surface area (Å²) in [4.78, 5) is 10.0. The smallest absolute Gasteiger partial charge is 0.0917 e. The molecule has 4 heteroatoms. The summed E-state index contributed by atoms with van der Waals surface area (Å²) in [6.07, 6.45) is 4.83. The lowest BCUT2D eigenvalue weighted by Gasteiger charge is -2.18. The topological polar surface area (TPSA) is 50.9 Å². The summed E-state index contributed by atoms with van der Waals surface area (Å²) in [6, 6.07) is 6.87. The van der Waals surface area contributed by atoms with Crippen LogP contribution in [0.5, 0.6) is 0 Å². The van der Waals surface area contributed by atoms with Crippen molar-refractivity contribution in [2.75, 3.05) is 6.61 Å². The van der Waals surface area contributed by atoms with Crippen LogP contribution in [0.25, 0.3) is 22.3 Å². The monoisotopic (exact) mass is 379 g/mol. The van der Waals surface area contributed by atoms with Gasteiger partial charge in [-0.25, -0.2) is 4.98 Å². The van der Waals surface area contributed by atoms with Crippen LogP contribution >= 0.6 is 0 Å². The Labute approximate surface area is 168 Å². The number of aliphatic hydroxyl groups is 1. The van der Waals surface area contributed by atoms with Crippen molar-refractivity contribution in [2.24, 2.45) is 0 Å². The van der Waals surface area contributed by atoms with Crippen LogP contribution in [-0.2, 0) is 6.42 Å². The van der Waals surface area contributed by atoms with Crippen LogP contribution in [0.15, 0.2) is 24.4 Å². The molecule has 1 atom stereocenters. The molecule has 0 saturated carbocycles. The van der Waals surface area contributed by atoms with Crippen LogP contribution in [-0.4, -0.2) is 26.2 Å². The van der Waals surface area contributed by atoms with E-state index in [2.05, 4.69) is 70.5 Å². The first-order valence-corrected chi connectivity index (χ1v) is 10.5. The van der Waals surface area contributed by atoms with Gasteiger partial charge < -0.3 is 9.67 Å². The highest BCUT2D eigenvalue weighted by molar-refractivity contribution is 5.84. The van der Waals surface area contributed by atoms with Gasteiger partial charge in [-0.15, -0.1) is 0 Å². The zero-order chi connectivity index (χ0) is 20.4. The third-order valence-electron chi connectivity index (χ3n) is 5.68. The Hall–Kier alpha value is -2.20. The molecule has 0 saturated heterocycles. The minimum absolute atomic E-state index is 0.204. The molecular formula is C24H33N3O. The average molecular weight is 380 g/mol. The van der Waals surface area contributed by atoms with Gasteiger partial charge in [0.1, 0.15) is 0 Å². The van der Waals surface area contributed by atoms with E-state index < -0.39 is 0 Å². The van der Waals surface area contributed by atoms with Gasteiger partial charge in [-0.1, -0.05) is 27.7 Å². The van der Waals surface area contributed by atoms with Crippen LogP contribution in [0, 0.1) is 13.8 Å². The number of aromatic nitrogens is 3. The van der Waals surface area contributed by atoms with Gasteiger partial charge in [0.05, 0.1) is 16.7 Å². The Kier molecular flexibility index (Phi) is 6.19. The van der Waals surface area contributed by atoms with Crippen LogP contribution in [0.3, 0.4) is 0 Å². The second-order valence-corrected chi connectivity index (χ2v) is 8.05. The zero-order valence-electron chi connectivity index (χ0n) is 18.1. The van der Waals surface area contributed by atoms with Crippen molar-refractivity contribution in [1.82, 2.24) is 14.5 Å². The SMILES string of the molecule is CCc1nc(C(C)C)ccc1-c1nc2c(C)cn([C@H](CC)CCO)c2cc1C. The Morgan fingerprint density at radius 3 is 2.43 bits per heavy atom. The van der Waals surface area contributed by atoms with Gasteiger partial charge in [0.15, 0.2) is 0 Å². The fourth-order valence-electron chi connectivity index (χ4n) is 4.01. The summed E-state index contributed by atoms with van der Waals surface area (Å²) in [7, 11) is 0. The van der Waals surface area contributed by atoms with Gasteiger partial charge in [-0.05, 0) is 68.4 Å². The maximum absolute atomic E-state index is 9.44. The lowest BCUT2D eigenvalue weighted by atomic mass is 10.0. The Balaban J connectivity index is 2.17. The van der Waals surface area contributed by atoms with E-state index in [9.17, 15) is 5.11 Å². The lowest BCUT2D eigenvalue weighted by molar-refractivity contribution is 0.256. The number of hydrogen-bond donors (Lipinski definition) is 1. The van der Waals surface area contributed by atoms with Gasteiger partial charge in [0.2, 0.25) is 0 Å². The lowest BCUT2D eigenvalue weighted by Crippen LogP contribution is -2.09. The van der Waals surface area contributed by atoms with Gasteiger partial charge in [0, 0.05) is 35.8 Å². The standard InChI is InChI=1S/C24H33N3O/c1-7-18(11-12-28)27-14-17(6)24-22(27)13-16(5)23(26-24)19-9-10-21(15(3)4)25-20(19)8-2/h9-10,13-15,18,28H,7-8,11-12H2,1-6H3/t18-/m1/s1. The second-order valence-electron chi connectivity index (χ2n) is 8.05. The molecule has 0 bridgehead atoms. The first-order valence-electron chi connectivity index (χ1n) is 10.5. The quantitative estimate of drug-likeness (QED) is 0.570. The Bertz CT molecular complexity index is 972. The third-order valence-corrected chi connectivity index (χ3v) is 5.68. The highest BCUT2D eigenvalue weighted by atomic mass is 16.3. The summed E-state index contributed by atoms with van der Waals surface area (Å²) in [5, 5.41) is 9.44. The van der Waals surface area contributed by atoms with E-state index in [0.29, 0.717) is 12.0 Å². The van der Waals surface area contributed by atoms with Crippen molar-refractivity contribution in [3.63, 3.8) is 0 Å². The fourth-order valence-corrected chi connectivity index (χ4v) is 4.01. The molecule has 3 rings (SSSR count). The summed E-state index contributed by atoms with van der Waals surface area (Å²) in [6.45, 7) is 13.2. The van der Waals surface area contributed by atoms with E-state index in [-0.39, 0.29) is 6.61 Å². The first kappa shape index (κ1) is 20.5. The summed E-state index contributed by atoms with van der Waals surface area (Å²) in [5.41, 5.74) is 8.97. The summed E-state index contributed by atoms with van der Waals surface area (Å²) >= 11 is 0. The molecule has 0 aliphatic rings. The first-order chi connectivity index (χ1) is 13.4. The van der Waals surface area contributed by atoms with Crippen molar-refractivity contribution >= 4 is 11.0 Å². The maximum atomic E-state index is 9.44. The van der Waals surface area contributed by atoms with E-state index >= 15 is 0 Å². The predicted molar refractivity (Wildman–Crippen MR) is 117 cm³/mol. The van der Waals surface area contributed by atoms with E-state index in [0.717, 1.165) is 52.9 Å². The molecule has 150 valence electrons. The molecule has 1 N–H and O–H groups in total. The summed E-state index contributed by atoms with van der Waals surface area (Å²) < 4.78 is 2.30. The highest BCUT2D eigenvalue weighted by Crippen LogP contribution is 2.32. The van der Waals surface area contributed by atoms with E-state index in [1.165, 1.54) is 11.1 Å². The minimum atomic E-state index is 0.204. The molecule has 4 nitrogen and oxygen atoms in total. The van der Waals surface area contributed by atoms with E-state index in [1.807, 2.05) is 0 Å². The van der Waals surface area contributed by atoms with Crippen molar-refractivity contribution in [2.45, 2.75) is 72.8 Å².